The summed E-state index contributed by atoms with van der Waals surface area (Å²) in [6.07, 6.45) is 5.20. The molecular formula is C23H32N2O3S. The highest BCUT2D eigenvalue weighted by Crippen LogP contribution is 2.38. The molecule has 0 atom stereocenters. The molecule has 2 N–H and O–H groups in total. The van der Waals surface area contributed by atoms with Gasteiger partial charge in [-0.2, -0.15) is 0 Å². The Morgan fingerprint density at radius 1 is 1.21 bits per heavy atom. The van der Waals surface area contributed by atoms with Gasteiger partial charge in [-0.25, -0.2) is 4.98 Å². The van der Waals surface area contributed by atoms with Gasteiger partial charge in [0.05, 0.1) is 18.2 Å². The first-order valence-electron chi connectivity index (χ1n) is 10.5. The third-order valence-corrected chi connectivity index (χ3v) is 6.54. The standard InChI is InChI=1S/C23H32N2O3S/c1-23(2,3)17-6-10-19(11-7-17)28-18-8-4-16(5-9-18)20-15-29-21(25-20)14-24-13-12-22(26)27/h4-5,8-9,15,17,19,24H,6-7,10-14H2,1-3H3,(H,26,27). The number of thiazole rings is 1. The molecule has 3 rings (SSSR count). The van der Waals surface area contributed by atoms with Gasteiger partial charge >= 0.3 is 5.97 Å². The van der Waals surface area contributed by atoms with E-state index in [1.54, 1.807) is 11.3 Å². The number of hydrogen-bond acceptors (Lipinski definition) is 5. The predicted molar refractivity (Wildman–Crippen MR) is 117 cm³/mol. The largest absolute Gasteiger partial charge is 0.490 e. The maximum Gasteiger partial charge on any atom is 0.304 e. The first kappa shape index (κ1) is 21.8. The van der Waals surface area contributed by atoms with Crippen LogP contribution in [0.15, 0.2) is 29.6 Å². The van der Waals surface area contributed by atoms with Crippen LogP contribution in [-0.4, -0.2) is 28.7 Å². The van der Waals surface area contributed by atoms with Gasteiger partial charge in [-0.15, -0.1) is 11.3 Å². The van der Waals surface area contributed by atoms with Crippen molar-refractivity contribution < 1.29 is 14.6 Å². The second-order valence-electron chi connectivity index (χ2n) is 8.93. The number of carbonyl (C=O) groups is 1. The van der Waals surface area contributed by atoms with Crippen molar-refractivity contribution in [3.63, 3.8) is 0 Å². The number of nitrogens with one attached hydrogen (secondary N) is 1. The van der Waals surface area contributed by atoms with Crippen LogP contribution in [0.3, 0.4) is 0 Å². The third-order valence-electron chi connectivity index (χ3n) is 5.70. The molecule has 1 aliphatic rings. The van der Waals surface area contributed by atoms with Gasteiger partial charge in [-0.1, -0.05) is 20.8 Å². The van der Waals surface area contributed by atoms with E-state index >= 15 is 0 Å². The summed E-state index contributed by atoms with van der Waals surface area (Å²) >= 11 is 1.59. The molecule has 0 amide bonds. The SMILES string of the molecule is CC(C)(C)C1CCC(Oc2ccc(-c3csc(CNCCC(=O)O)n3)cc2)CC1. The third kappa shape index (κ3) is 6.54. The Kier molecular flexibility index (Phi) is 7.30. The first-order chi connectivity index (χ1) is 13.8. The zero-order valence-corrected chi connectivity index (χ0v) is 18.4. The number of ether oxygens (including phenoxy) is 1. The number of rotatable bonds is 8. The van der Waals surface area contributed by atoms with Crippen LogP contribution in [0.25, 0.3) is 11.3 Å². The van der Waals surface area contributed by atoms with Crippen LogP contribution in [0.2, 0.25) is 0 Å². The summed E-state index contributed by atoms with van der Waals surface area (Å²) in [6.45, 7) is 8.07. The molecule has 6 heteroatoms. The number of hydrogen-bond donors (Lipinski definition) is 2. The Labute approximate surface area is 177 Å². The van der Waals surface area contributed by atoms with Gasteiger partial charge in [0.1, 0.15) is 10.8 Å². The molecule has 1 aliphatic carbocycles. The fourth-order valence-electron chi connectivity index (χ4n) is 3.86. The van der Waals surface area contributed by atoms with Crippen LogP contribution in [0.1, 0.15) is 57.9 Å². The van der Waals surface area contributed by atoms with Gasteiger partial charge in [-0.3, -0.25) is 4.79 Å². The summed E-state index contributed by atoms with van der Waals surface area (Å²) < 4.78 is 6.22. The van der Waals surface area contributed by atoms with Crippen molar-refractivity contribution in [1.82, 2.24) is 10.3 Å². The molecule has 1 aromatic carbocycles. The van der Waals surface area contributed by atoms with Crippen molar-refractivity contribution in [3.05, 3.63) is 34.7 Å². The molecule has 1 fully saturated rings. The maximum absolute atomic E-state index is 10.5. The highest BCUT2D eigenvalue weighted by Gasteiger charge is 2.30. The molecule has 1 aromatic heterocycles. The molecule has 2 aromatic rings. The van der Waals surface area contributed by atoms with E-state index in [1.165, 1.54) is 12.8 Å². The molecular weight excluding hydrogens is 384 g/mol. The van der Waals surface area contributed by atoms with Gasteiger partial charge in [0, 0.05) is 24.0 Å². The van der Waals surface area contributed by atoms with Crippen LogP contribution in [0.5, 0.6) is 5.75 Å². The van der Waals surface area contributed by atoms with Crippen molar-refractivity contribution in [2.24, 2.45) is 11.3 Å². The van der Waals surface area contributed by atoms with Crippen molar-refractivity contribution >= 4 is 17.3 Å². The molecule has 0 aliphatic heterocycles. The van der Waals surface area contributed by atoms with Gasteiger partial charge in [0.15, 0.2) is 0 Å². The van der Waals surface area contributed by atoms with Gasteiger partial charge in [0.2, 0.25) is 0 Å². The number of carboxylic acid groups (broad SMARTS) is 1. The van der Waals surface area contributed by atoms with Crippen LogP contribution in [0.4, 0.5) is 0 Å². The Morgan fingerprint density at radius 2 is 1.90 bits per heavy atom. The lowest BCUT2D eigenvalue weighted by molar-refractivity contribution is -0.136. The number of aliphatic carboxylic acids is 1. The average Bonchev–Trinajstić information content (AvgIpc) is 3.14. The lowest BCUT2D eigenvalue weighted by Crippen LogP contribution is -2.30. The van der Waals surface area contributed by atoms with Crippen LogP contribution >= 0.6 is 11.3 Å². The predicted octanol–water partition coefficient (Wildman–Crippen LogP) is 5.36. The summed E-state index contributed by atoms with van der Waals surface area (Å²) in [6, 6.07) is 8.20. The minimum Gasteiger partial charge on any atom is -0.490 e. The van der Waals surface area contributed by atoms with E-state index in [-0.39, 0.29) is 6.42 Å². The van der Waals surface area contributed by atoms with Crippen molar-refractivity contribution in [2.75, 3.05) is 6.54 Å². The summed E-state index contributed by atoms with van der Waals surface area (Å²) in [5.74, 6) is 0.933. The smallest absolute Gasteiger partial charge is 0.304 e. The zero-order valence-electron chi connectivity index (χ0n) is 17.6. The number of nitrogens with zero attached hydrogens (tertiary/aromatic N) is 1. The van der Waals surface area contributed by atoms with Crippen molar-refractivity contribution in [2.45, 2.75) is 65.5 Å². The number of carboxylic acids is 1. The quantitative estimate of drug-likeness (QED) is 0.567. The minimum atomic E-state index is -0.790. The second kappa shape index (κ2) is 9.72. The van der Waals surface area contributed by atoms with E-state index in [0.717, 1.165) is 40.8 Å². The second-order valence-corrected chi connectivity index (χ2v) is 9.87. The molecule has 0 bridgehead atoms. The fraction of sp³-hybridized carbons (Fsp3) is 0.565. The molecule has 0 radical (unpaired) electrons. The van der Waals surface area contributed by atoms with E-state index in [4.69, 9.17) is 9.84 Å². The highest BCUT2D eigenvalue weighted by atomic mass is 32.1. The maximum atomic E-state index is 10.5. The van der Waals surface area contributed by atoms with E-state index < -0.39 is 5.97 Å². The van der Waals surface area contributed by atoms with E-state index in [1.807, 2.05) is 17.5 Å². The lowest BCUT2D eigenvalue weighted by Gasteiger charge is -2.36. The van der Waals surface area contributed by atoms with Crippen molar-refractivity contribution in [3.8, 4) is 17.0 Å². The minimum absolute atomic E-state index is 0.123. The van der Waals surface area contributed by atoms with Crippen LogP contribution in [0, 0.1) is 11.3 Å². The summed E-state index contributed by atoms with van der Waals surface area (Å²) in [5, 5.41) is 14.8. The normalized spacial score (nSPS) is 19.8. The molecule has 1 heterocycles. The molecule has 1 saturated carbocycles. The highest BCUT2D eigenvalue weighted by molar-refractivity contribution is 7.09. The first-order valence-corrected chi connectivity index (χ1v) is 11.3. The molecule has 0 saturated heterocycles. The molecule has 5 nitrogen and oxygen atoms in total. The van der Waals surface area contributed by atoms with Crippen LogP contribution in [-0.2, 0) is 11.3 Å². The topological polar surface area (TPSA) is 71.5 Å². The monoisotopic (exact) mass is 416 g/mol. The number of benzene rings is 1. The average molecular weight is 417 g/mol. The van der Waals surface area contributed by atoms with Gasteiger partial charge in [0.25, 0.3) is 0 Å². The Balaban J connectivity index is 1.49. The molecule has 158 valence electrons. The molecule has 0 unspecified atom stereocenters. The Hall–Kier alpha value is -1.92. The van der Waals surface area contributed by atoms with E-state index in [9.17, 15) is 4.79 Å². The van der Waals surface area contributed by atoms with Crippen molar-refractivity contribution in [1.29, 1.82) is 0 Å². The summed E-state index contributed by atoms with van der Waals surface area (Å²) in [7, 11) is 0. The zero-order chi connectivity index (χ0) is 20.9. The Morgan fingerprint density at radius 3 is 2.52 bits per heavy atom. The summed E-state index contributed by atoms with van der Waals surface area (Å²) in [5.41, 5.74) is 2.41. The summed E-state index contributed by atoms with van der Waals surface area (Å²) in [4.78, 5) is 15.2. The van der Waals surface area contributed by atoms with Crippen LogP contribution < -0.4 is 10.1 Å². The Bertz CT molecular complexity index is 787. The van der Waals surface area contributed by atoms with Gasteiger partial charge in [-0.05, 0) is 61.3 Å². The molecule has 0 spiro atoms. The number of aromatic nitrogens is 1. The van der Waals surface area contributed by atoms with Gasteiger partial charge < -0.3 is 15.2 Å². The fourth-order valence-corrected chi connectivity index (χ4v) is 4.63. The lowest BCUT2D eigenvalue weighted by atomic mass is 9.72. The van der Waals surface area contributed by atoms with E-state index in [2.05, 4.69) is 43.2 Å². The van der Waals surface area contributed by atoms with E-state index in [0.29, 0.717) is 24.6 Å². The molecule has 29 heavy (non-hydrogen) atoms.